The summed E-state index contributed by atoms with van der Waals surface area (Å²) in [6.07, 6.45) is 1.82. The van der Waals surface area contributed by atoms with E-state index in [0.29, 0.717) is 19.6 Å². The Kier molecular flexibility index (Phi) is 4.49. The van der Waals surface area contributed by atoms with Gasteiger partial charge in [-0.1, -0.05) is 0 Å². The number of aryl methyl sites for hydroxylation is 1. The van der Waals surface area contributed by atoms with Crippen LogP contribution in [0.2, 0.25) is 0 Å². The van der Waals surface area contributed by atoms with Crippen molar-refractivity contribution < 1.29 is 19.4 Å². The Morgan fingerprint density at radius 2 is 2.14 bits per heavy atom. The molecule has 0 aromatic carbocycles. The number of carboxylic acids is 1. The predicted molar refractivity (Wildman–Crippen MR) is 77.5 cm³/mol. The van der Waals surface area contributed by atoms with Crippen LogP contribution in [0, 0.1) is 13.8 Å². The molecular formula is C15H22N2O4. The van der Waals surface area contributed by atoms with Crippen molar-refractivity contribution in [2.45, 2.75) is 32.9 Å². The van der Waals surface area contributed by atoms with Gasteiger partial charge in [0, 0.05) is 37.0 Å². The van der Waals surface area contributed by atoms with Gasteiger partial charge in [0.1, 0.15) is 12.4 Å². The monoisotopic (exact) mass is 294 g/mol. The van der Waals surface area contributed by atoms with Gasteiger partial charge in [0.15, 0.2) is 0 Å². The standard InChI is InChI=1S/C15H22N2O4/c1-10-5-16-12(11(2)14(10)20-4)6-17-8-15(3,9-17)21-7-13(18)19/h5H,6-9H2,1-4H3,(H,18,19). The summed E-state index contributed by atoms with van der Waals surface area (Å²) < 4.78 is 10.8. The van der Waals surface area contributed by atoms with E-state index in [1.807, 2.05) is 27.0 Å². The molecule has 1 fully saturated rings. The third kappa shape index (κ3) is 3.51. The van der Waals surface area contributed by atoms with Gasteiger partial charge < -0.3 is 14.6 Å². The Morgan fingerprint density at radius 3 is 2.71 bits per heavy atom. The number of nitrogens with zero attached hydrogens (tertiary/aromatic N) is 2. The van der Waals surface area contributed by atoms with Gasteiger partial charge in [-0.3, -0.25) is 9.88 Å². The summed E-state index contributed by atoms with van der Waals surface area (Å²) >= 11 is 0. The predicted octanol–water partition coefficient (Wildman–Crippen LogP) is 1.38. The maximum Gasteiger partial charge on any atom is 0.329 e. The van der Waals surface area contributed by atoms with Crippen LogP contribution in [0.5, 0.6) is 5.75 Å². The molecule has 6 heteroatoms. The first kappa shape index (κ1) is 15.7. The number of aliphatic carboxylic acids is 1. The zero-order valence-corrected chi connectivity index (χ0v) is 13.0. The van der Waals surface area contributed by atoms with Crippen molar-refractivity contribution in [3.8, 4) is 5.75 Å². The van der Waals surface area contributed by atoms with Gasteiger partial charge in [-0.25, -0.2) is 4.79 Å². The lowest BCUT2D eigenvalue weighted by Gasteiger charge is -2.47. The molecule has 1 aliphatic rings. The van der Waals surface area contributed by atoms with Crippen molar-refractivity contribution in [3.63, 3.8) is 0 Å². The highest BCUT2D eigenvalue weighted by Gasteiger charge is 2.40. The first-order valence-corrected chi connectivity index (χ1v) is 6.92. The van der Waals surface area contributed by atoms with Crippen LogP contribution in [0.25, 0.3) is 0 Å². The van der Waals surface area contributed by atoms with Gasteiger partial charge >= 0.3 is 5.97 Å². The Bertz CT molecular complexity index is 539. The van der Waals surface area contributed by atoms with Crippen LogP contribution in [-0.4, -0.2) is 53.4 Å². The molecule has 1 aliphatic heterocycles. The number of likely N-dealkylation sites (tertiary alicyclic amines) is 1. The van der Waals surface area contributed by atoms with Crippen LogP contribution in [0.15, 0.2) is 6.20 Å². The quantitative estimate of drug-likeness (QED) is 0.854. The summed E-state index contributed by atoms with van der Waals surface area (Å²) in [5.74, 6) is -0.0548. The summed E-state index contributed by atoms with van der Waals surface area (Å²) in [5.41, 5.74) is 2.69. The number of carbonyl (C=O) groups is 1. The fourth-order valence-electron chi connectivity index (χ4n) is 2.78. The highest BCUT2D eigenvalue weighted by molar-refractivity contribution is 5.68. The van der Waals surface area contributed by atoms with E-state index in [-0.39, 0.29) is 12.2 Å². The minimum absolute atomic E-state index is 0.250. The molecule has 0 aliphatic carbocycles. The molecule has 0 radical (unpaired) electrons. The SMILES string of the molecule is COc1c(C)cnc(CN2CC(C)(OCC(=O)O)C2)c1C. The van der Waals surface area contributed by atoms with E-state index < -0.39 is 5.97 Å². The molecule has 2 heterocycles. The molecule has 116 valence electrons. The number of pyridine rings is 1. The van der Waals surface area contributed by atoms with Crippen LogP contribution in [0.4, 0.5) is 0 Å². The van der Waals surface area contributed by atoms with Gasteiger partial charge in [0.2, 0.25) is 0 Å². The van der Waals surface area contributed by atoms with Crippen LogP contribution in [0.3, 0.4) is 0 Å². The number of rotatable bonds is 6. The topological polar surface area (TPSA) is 71.9 Å². The largest absolute Gasteiger partial charge is 0.496 e. The number of methoxy groups -OCH3 is 1. The van der Waals surface area contributed by atoms with Crippen molar-refractivity contribution in [1.82, 2.24) is 9.88 Å². The van der Waals surface area contributed by atoms with Crippen LogP contribution in [0.1, 0.15) is 23.7 Å². The molecule has 0 unspecified atom stereocenters. The molecule has 0 spiro atoms. The molecule has 2 rings (SSSR count). The second-order valence-corrected chi connectivity index (χ2v) is 5.82. The number of ether oxygens (including phenoxy) is 2. The van der Waals surface area contributed by atoms with Gasteiger partial charge in [0.25, 0.3) is 0 Å². The highest BCUT2D eigenvalue weighted by Crippen LogP contribution is 2.29. The van der Waals surface area contributed by atoms with E-state index in [1.165, 1.54) is 0 Å². The third-order valence-corrected chi connectivity index (χ3v) is 3.78. The van der Waals surface area contributed by atoms with Crippen molar-refractivity contribution in [1.29, 1.82) is 0 Å². The van der Waals surface area contributed by atoms with Gasteiger partial charge in [-0.2, -0.15) is 0 Å². The molecule has 1 aromatic rings. The van der Waals surface area contributed by atoms with E-state index in [9.17, 15) is 4.79 Å². The van der Waals surface area contributed by atoms with E-state index in [4.69, 9.17) is 14.6 Å². The van der Waals surface area contributed by atoms with E-state index in [2.05, 4.69) is 9.88 Å². The Hall–Kier alpha value is -1.66. The second-order valence-electron chi connectivity index (χ2n) is 5.82. The average Bonchev–Trinajstić information content (AvgIpc) is 2.38. The van der Waals surface area contributed by atoms with Crippen molar-refractivity contribution in [2.24, 2.45) is 0 Å². The zero-order chi connectivity index (χ0) is 15.6. The average molecular weight is 294 g/mol. The second kappa shape index (κ2) is 5.99. The maximum absolute atomic E-state index is 10.5. The molecule has 0 bridgehead atoms. The lowest BCUT2D eigenvalue weighted by Crippen LogP contribution is -2.61. The third-order valence-electron chi connectivity index (χ3n) is 3.78. The maximum atomic E-state index is 10.5. The first-order chi connectivity index (χ1) is 9.84. The summed E-state index contributed by atoms with van der Waals surface area (Å²) in [4.78, 5) is 17.2. The number of hydrogen-bond donors (Lipinski definition) is 1. The minimum atomic E-state index is -0.935. The lowest BCUT2D eigenvalue weighted by molar-refractivity contribution is -0.165. The summed E-state index contributed by atoms with van der Waals surface area (Å²) in [5, 5.41) is 8.66. The number of aromatic nitrogens is 1. The van der Waals surface area contributed by atoms with E-state index >= 15 is 0 Å². The molecular weight excluding hydrogens is 272 g/mol. The Morgan fingerprint density at radius 1 is 1.48 bits per heavy atom. The summed E-state index contributed by atoms with van der Waals surface area (Å²) in [6.45, 7) is 7.79. The van der Waals surface area contributed by atoms with Gasteiger partial charge in [-0.15, -0.1) is 0 Å². The molecule has 1 aromatic heterocycles. The van der Waals surface area contributed by atoms with Crippen LogP contribution in [-0.2, 0) is 16.1 Å². The van der Waals surface area contributed by atoms with Crippen molar-refractivity contribution >= 4 is 5.97 Å². The normalized spacial score (nSPS) is 17.3. The van der Waals surface area contributed by atoms with E-state index in [0.717, 1.165) is 22.6 Å². The molecule has 21 heavy (non-hydrogen) atoms. The fraction of sp³-hybridized carbons (Fsp3) is 0.600. The summed E-state index contributed by atoms with van der Waals surface area (Å²) in [7, 11) is 1.67. The van der Waals surface area contributed by atoms with Gasteiger partial charge in [-0.05, 0) is 20.8 Å². The molecule has 1 saturated heterocycles. The van der Waals surface area contributed by atoms with Crippen LogP contribution >= 0.6 is 0 Å². The lowest BCUT2D eigenvalue weighted by atomic mass is 9.95. The van der Waals surface area contributed by atoms with E-state index in [1.54, 1.807) is 7.11 Å². The van der Waals surface area contributed by atoms with Crippen LogP contribution < -0.4 is 4.74 Å². The summed E-state index contributed by atoms with van der Waals surface area (Å²) in [6, 6.07) is 0. The highest BCUT2D eigenvalue weighted by atomic mass is 16.5. The Labute approximate surface area is 124 Å². The molecule has 6 nitrogen and oxygen atoms in total. The number of hydrogen-bond acceptors (Lipinski definition) is 5. The van der Waals surface area contributed by atoms with Crippen molar-refractivity contribution in [3.05, 3.63) is 23.0 Å². The molecule has 0 atom stereocenters. The van der Waals surface area contributed by atoms with Crippen molar-refractivity contribution in [2.75, 3.05) is 26.8 Å². The molecule has 0 amide bonds. The fourth-order valence-corrected chi connectivity index (χ4v) is 2.78. The number of carboxylic acid groups (broad SMARTS) is 1. The minimum Gasteiger partial charge on any atom is -0.496 e. The Balaban J connectivity index is 1.95. The van der Waals surface area contributed by atoms with Gasteiger partial charge in [0.05, 0.1) is 18.4 Å². The molecule has 0 saturated carbocycles. The first-order valence-electron chi connectivity index (χ1n) is 6.92. The molecule has 1 N–H and O–H groups in total. The smallest absolute Gasteiger partial charge is 0.329 e. The zero-order valence-electron chi connectivity index (χ0n) is 13.0.